The number of hydrogen-bond donors (Lipinski definition) is 0. The molecule has 5 saturated carbocycles. The molecule has 3 nitrogen and oxygen atoms in total. The highest BCUT2D eigenvalue weighted by Gasteiger charge is 2.49. The fraction of sp³-hybridized carbons (Fsp3) is 0.950. The van der Waals surface area contributed by atoms with E-state index in [9.17, 15) is 4.79 Å². The van der Waals surface area contributed by atoms with Gasteiger partial charge in [0.15, 0.2) is 0 Å². The van der Waals surface area contributed by atoms with Gasteiger partial charge < -0.3 is 9.64 Å². The first-order valence-corrected chi connectivity index (χ1v) is 10.2. The molecule has 0 aromatic rings. The van der Waals surface area contributed by atoms with Gasteiger partial charge in [-0.15, -0.1) is 0 Å². The summed E-state index contributed by atoms with van der Waals surface area (Å²) in [6, 6.07) is 0. The third kappa shape index (κ3) is 2.59. The van der Waals surface area contributed by atoms with E-state index in [-0.39, 0.29) is 12.2 Å². The van der Waals surface area contributed by atoms with Crippen molar-refractivity contribution in [2.45, 2.75) is 70.3 Å². The first-order chi connectivity index (χ1) is 11.3. The van der Waals surface area contributed by atoms with Gasteiger partial charge in [-0.3, -0.25) is 0 Å². The van der Waals surface area contributed by atoms with Crippen LogP contribution in [0.1, 0.15) is 64.2 Å². The minimum atomic E-state index is -0.00520. The van der Waals surface area contributed by atoms with Crippen LogP contribution in [0.15, 0.2) is 0 Å². The summed E-state index contributed by atoms with van der Waals surface area (Å²) in [4.78, 5) is 14.5. The fourth-order valence-electron chi connectivity index (χ4n) is 7.02. The maximum absolute atomic E-state index is 12.4. The molecule has 5 aliphatic carbocycles. The van der Waals surface area contributed by atoms with Crippen molar-refractivity contribution >= 4 is 6.09 Å². The van der Waals surface area contributed by atoms with Crippen LogP contribution in [0.5, 0.6) is 0 Å². The summed E-state index contributed by atoms with van der Waals surface area (Å²) >= 11 is 0. The second kappa shape index (κ2) is 5.67. The van der Waals surface area contributed by atoms with Crippen LogP contribution in [-0.2, 0) is 4.74 Å². The van der Waals surface area contributed by atoms with Crippen LogP contribution in [0, 0.1) is 35.5 Å². The van der Waals surface area contributed by atoms with Crippen molar-refractivity contribution in [3.05, 3.63) is 0 Å². The molecule has 23 heavy (non-hydrogen) atoms. The minimum absolute atomic E-state index is 0.00520. The number of carbonyl (C=O) groups excluding carboxylic acids is 1. The van der Waals surface area contributed by atoms with Crippen molar-refractivity contribution in [1.29, 1.82) is 0 Å². The first kappa shape index (κ1) is 14.6. The van der Waals surface area contributed by atoms with Crippen molar-refractivity contribution in [3.63, 3.8) is 0 Å². The lowest BCUT2D eigenvalue weighted by Crippen LogP contribution is -2.49. The second-order valence-electron chi connectivity index (χ2n) is 9.32. The average Bonchev–Trinajstić information content (AvgIpc) is 2.92. The Bertz CT molecular complexity index is 442. The van der Waals surface area contributed by atoms with Crippen molar-refractivity contribution in [1.82, 2.24) is 4.90 Å². The molecule has 3 heteroatoms. The van der Waals surface area contributed by atoms with E-state index >= 15 is 0 Å². The quantitative estimate of drug-likeness (QED) is 0.769. The second-order valence-corrected chi connectivity index (χ2v) is 9.32. The summed E-state index contributed by atoms with van der Waals surface area (Å²) in [6.45, 7) is 1.88. The summed E-state index contributed by atoms with van der Waals surface area (Å²) in [5.41, 5.74) is 0. The lowest BCUT2D eigenvalue weighted by Gasteiger charge is -2.55. The smallest absolute Gasteiger partial charge is 0.410 e. The van der Waals surface area contributed by atoms with Gasteiger partial charge in [-0.1, -0.05) is 19.3 Å². The van der Waals surface area contributed by atoms with Crippen molar-refractivity contribution in [3.8, 4) is 0 Å². The zero-order valence-corrected chi connectivity index (χ0v) is 14.3. The van der Waals surface area contributed by atoms with E-state index < -0.39 is 0 Å². The summed E-state index contributed by atoms with van der Waals surface area (Å²) in [6.07, 6.45) is 14.1. The van der Waals surface area contributed by atoms with Crippen LogP contribution in [0.3, 0.4) is 0 Å². The summed E-state index contributed by atoms with van der Waals surface area (Å²) in [5, 5.41) is 0. The number of rotatable bonds is 3. The normalized spacial score (nSPS) is 46.4. The number of nitrogens with zero attached hydrogens (tertiary/aromatic N) is 1. The Morgan fingerprint density at radius 3 is 2.17 bits per heavy atom. The largest absolute Gasteiger partial charge is 0.444 e. The Labute approximate surface area is 140 Å². The van der Waals surface area contributed by atoms with E-state index in [4.69, 9.17) is 4.74 Å². The van der Waals surface area contributed by atoms with Crippen LogP contribution in [0.2, 0.25) is 0 Å². The summed E-state index contributed by atoms with van der Waals surface area (Å²) in [5.74, 6) is 5.28. The zero-order valence-electron chi connectivity index (χ0n) is 14.3. The first-order valence-electron chi connectivity index (χ1n) is 10.2. The Morgan fingerprint density at radius 2 is 1.52 bits per heavy atom. The topological polar surface area (TPSA) is 29.5 Å². The van der Waals surface area contributed by atoms with Gasteiger partial charge in [0.1, 0.15) is 6.10 Å². The number of cyclic esters (lactones) is 1. The number of hydrogen-bond acceptors (Lipinski definition) is 2. The molecule has 6 aliphatic rings. The van der Waals surface area contributed by atoms with Crippen LogP contribution in [0.25, 0.3) is 0 Å². The van der Waals surface area contributed by atoms with Gasteiger partial charge in [-0.2, -0.15) is 0 Å². The van der Waals surface area contributed by atoms with Crippen LogP contribution >= 0.6 is 0 Å². The molecule has 0 aromatic heterocycles. The maximum Gasteiger partial charge on any atom is 0.410 e. The van der Waals surface area contributed by atoms with E-state index in [2.05, 4.69) is 4.90 Å². The van der Waals surface area contributed by atoms with Crippen molar-refractivity contribution in [2.75, 3.05) is 13.1 Å². The fourth-order valence-corrected chi connectivity index (χ4v) is 7.02. The van der Waals surface area contributed by atoms with Crippen molar-refractivity contribution < 1.29 is 9.53 Å². The molecule has 6 rings (SSSR count). The molecule has 128 valence electrons. The van der Waals surface area contributed by atoms with Crippen LogP contribution in [-0.4, -0.2) is 30.2 Å². The monoisotopic (exact) mass is 317 g/mol. The molecule has 4 bridgehead atoms. The molecule has 1 aliphatic heterocycles. The number of ether oxygens (including phenoxy) is 1. The molecular weight excluding hydrogens is 286 g/mol. The molecule has 1 heterocycles. The molecule has 0 radical (unpaired) electrons. The molecule has 1 saturated heterocycles. The number of amides is 1. The maximum atomic E-state index is 12.4. The Morgan fingerprint density at radius 1 is 0.870 bits per heavy atom. The van der Waals surface area contributed by atoms with Crippen molar-refractivity contribution in [2.24, 2.45) is 35.5 Å². The Balaban J connectivity index is 1.23. The van der Waals surface area contributed by atoms with E-state index in [1.807, 2.05) is 0 Å². The number of carbonyl (C=O) groups is 1. The van der Waals surface area contributed by atoms with Gasteiger partial charge >= 0.3 is 6.09 Å². The van der Waals surface area contributed by atoms with Gasteiger partial charge in [0.25, 0.3) is 0 Å². The molecule has 1 amide bonds. The predicted octanol–water partition coefficient (Wildman–Crippen LogP) is 4.46. The summed E-state index contributed by atoms with van der Waals surface area (Å²) < 4.78 is 5.79. The summed E-state index contributed by atoms with van der Waals surface area (Å²) in [7, 11) is 0. The van der Waals surface area contributed by atoms with Gasteiger partial charge in [-0.05, 0) is 80.5 Å². The molecular formula is C20H31NO2. The third-order valence-corrected chi connectivity index (χ3v) is 7.94. The predicted molar refractivity (Wildman–Crippen MR) is 89.0 cm³/mol. The van der Waals surface area contributed by atoms with E-state index in [0.717, 1.165) is 42.7 Å². The molecule has 6 fully saturated rings. The highest BCUT2D eigenvalue weighted by Crippen LogP contribution is 2.56. The Hall–Kier alpha value is -0.730. The van der Waals surface area contributed by atoms with Gasteiger partial charge in [0.2, 0.25) is 0 Å². The van der Waals surface area contributed by atoms with E-state index in [1.54, 1.807) is 0 Å². The van der Waals surface area contributed by atoms with Crippen LogP contribution in [0.4, 0.5) is 4.79 Å². The Kier molecular flexibility index (Phi) is 3.60. The van der Waals surface area contributed by atoms with E-state index in [1.165, 1.54) is 64.2 Å². The lowest BCUT2D eigenvalue weighted by molar-refractivity contribution is -0.0440. The zero-order chi connectivity index (χ0) is 15.4. The third-order valence-electron chi connectivity index (χ3n) is 7.94. The average molecular weight is 317 g/mol. The van der Waals surface area contributed by atoms with Gasteiger partial charge in [-0.25, -0.2) is 4.79 Å². The van der Waals surface area contributed by atoms with Gasteiger partial charge in [0.05, 0.1) is 6.54 Å². The van der Waals surface area contributed by atoms with Crippen LogP contribution < -0.4 is 0 Å². The standard InChI is InChI=1S/C20H31NO2/c22-20-21(12-19(23-20)15-4-2-1-3-5-15)11-18-16-7-13-6-14(9-16)10-17(18)8-13/h13-19H,1-12H2. The minimum Gasteiger partial charge on any atom is -0.444 e. The molecule has 1 atom stereocenters. The van der Waals surface area contributed by atoms with E-state index in [0.29, 0.717) is 5.92 Å². The molecule has 0 N–H and O–H groups in total. The highest BCUT2D eigenvalue weighted by atomic mass is 16.6. The molecule has 0 spiro atoms. The highest BCUT2D eigenvalue weighted by molar-refractivity contribution is 5.70. The lowest BCUT2D eigenvalue weighted by atomic mass is 9.52. The molecule has 1 unspecified atom stereocenters. The molecule has 0 aromatic carbocycles. The van der Waals surface area contributed by atoms with Gasteiger partial charge in [0, 0.05) is 6.54 Å². The SMILES string of the molecule is O=C1OC(C2CCCCC2)CN1CC1C2CC3CC(C2)CC1C3.